The van der Waals surface area contributed by atoms with Crippen LogP contribution in [-0.2, 0) is 4.74 Å². The molecule has 0 bridgehead atoms. The molecule has 1 amide bonds. The van der Waals surface area contributed by atoms with Crippen LogP contribution in [0.4, 0.5) is 4.79 Å². The van der Waals surface area contributed by atoms with E-state index in [4.69, 9.17) is 15.7 Å². The Kier molecular flexibility index (Phi) is 3.76. The number of hydrogen-bond donors (Lipinski definition) is 1. The fourth-order valence-corrected chi connectivity index (χ4v) is 1.60. The predicted octanol–water partition coefficient (Wildman–Crippen LogP) is 1.09. The van der Waals surface area contributed by atoms with Crippen LogP contribution in [0.2, 0.25) is 0 Å². The number of likely N-dealkylation sites (tertiary alicyclic amines) is 1. The van der Waals surface area contributed by atoms with Crippen molar-refractivity contribution >= 4 is 6.09 Å². The van der Waals surface area contributed by atoms with E-state index in [1.807, 2.05) is 20.8 Å². The van der Waals surface area contributed by atoms with Crippen molar-refractivity contribution in [1.29, 1.82) is 5.26 Å². The van der Waals surface area contributed by atoms with Gasteiger partial charge in [-0.2, -0.15) is 5.26 Å². The van der Waals surface area contributed by atoms with E-state index < -0.39 is 5.60 Å². The third-order valence-electron chi connectivity index (χ3n) is 2.48. The summed E-state index contributed by atoms with van der Waals surface area (Å²) >= 11 is 0. The number of amides is 1. The fourth-order valence-electron chi connectivity index (χ4n) is 1.60. The van der Waals surface area contributed by atoms with E-state index >= 15 is 0 Å². The van der Waals surface area contributed by atoms with Crippen LogP contribution in [0.15, 0.2) is 0 Å². The van der Waals surface area contributed by atoms with E-state index in [2.05, 4.69) is 6.07 Å². The molecule has 90 valence electrons. The maximum atomic E-state index is 11.7. The summed E-state index contributed by atoms with van der Waals surface area (Å²) in [7, 11) is 0. The Morgan fingerprint density at radius 3 is 2.69 bits per heavy atom. The number of carbonyl (C=O) groups is 1. The molecule has 2 atom stereocenters. The summed E-state index contributed by atoms with van der Waals surface area (Å²) in [5.74, 6) is -0.290. The van der Waals surface area contributed by atoms with Gasteiger partial charge in [0.15, 0.2) is 0 Å². The minimum atomic E-state index is -0.501. The fraction of sp³-hybridized carbons (Fsp3) is 0.818. The first-order valence-electron chi connectivity index (χ1n) is 5.46. The molecule has 0 unspecified atom stereocenters. The Balaban J connectivity index is 2.56. The van der Waals surface area contributed by atoms with E-state index in [1.165, 1.54) is 0 Å². The molecule has 1 aliphatic rings. The molecule has 5 heteroatoms. The van der Waals surface area contributed by atoms with Crippen LogP contribution in [0, 0.1) is 17.2 Å². The zero-order valence-electron chi connectivity index (χ0n) is 10.1. The summed E-state index contributed by atoms with van der Waals surface area (Å²) in [6.45, 7) is 6.40. The molecule has 1 saturated heterocycles. The van der Waals surface area contributed by atoms with Crippen molar-refractivity contribution in [3.05, 3.63) is 0 Å². The van der Waals surface area contributed by atoms with Gasteiger partial charge in [-0.25, -0.2) is 4.79 Å². The highest BCUT2D eigenvalue weighted by Crippen LogP contribution is 2.18. The highest BCUT2D eigenvalue weighted by Gasteiger charge is 2.31. The summed E-state index contributed by atoms with van der Waals surface area (Å²) < 4.78 is 5.24. The molecular formula is C11H19N3O2. The number of piperidine rings is 1. The maximum absolute atomic E-state index is 11.7. The van der Waals surface area contributed by atoms with Crippen LogP contribution in [0.5, 0.6) is 0 Å². The highest BCUT2D eigenvalue weighted by atomic mass is 16.6. The van der Waals surface area contributed by atoms with Crippen molar-refractivity contribution in [3.8, 4) is 6.07 Å². The molecule has 1 fully saturated rings. The second-order valence-corrected chi connectivity index (χ2v) is 5.11. The Morgan fingerprint density at radius 2 is 2.19 bits per heavy atom. The SMILES string of the molecule is CC(C)(C)OC(=O)N1CC[C@H](N)[C@@H](C#N)C1. The van der Waals surface area contributed by atoms with Crippen LogP contribution in [-0.4, -0.2) is 35.7 Å². The molecule has 0 aromatic heterocycles. The van der Waals surface area contributed by atoms with Crippen molar-refractivity contribution in [1.82, 2.24) is 4.90 Å². The highest BCUT2D eigenvalue weighted by molar-refractivity contribution is 5.68. The third kappa shape index (κ3) is 3.38. The van der Waals surface area contributed by atoms with Crippen molar-refractivity contribution in [2.75, 3.05) is 13.1 Å². The number of nitrogens with zero attached hydrogens (tertiary/aromatic N) is 2. The van der Waals surface area contributed by atoms with Crippen molar-refractivity contribution in [2.45, 2.75) is 38.8 Å². The summed E-state index contributed by atoms with van der Waals surface area (Å²) in [5, 5.41) is 8.88. The molecule has 0 aromatic rings. The first-order chi connectivity index (χ1) is 7.33. The monoisotopic (exact) mass is 225 g/mol. The number of carbonyl (C=O) groups excluding carboxylic acids is 1. The van der Waals surface area contributed by atoms with Gasteiger partial charge < -0.3 is 15.4 Å². The molecule has 1 aliphatic heterocycles. The van der Waals surface area contributed by atoms with Crippen molar-refractivity contribution in [2.24, 2.45) is 11.7 Å². The van der Waals surface area contributed by atoms with Gasteiger partial charge in [0.1, 0.15) is 5.60 Å². The second-order valence-electron chi connectivity index (χ2n) is 5.11. The summed E-state index contributed by atoms with van der Waals surface area (Å²) in [6.07, 6.45) is 0.289. The standard InChI is InChI=1S/C11H19N3O2/c1-11(2,3)16-10(15)14-5-4-9(13)8(6-12)7-14/h8-9H,4-5,7,13H2,1-3H3/t8-,9-/m0/s1. The Hall–Kier alpha value is -1.28. The van der Waals surface area contributed by atoms with Gasteiger partial charge in [0.05, 0.1) is 12.0 Å². The van der Waals surface area contributed by atoms with E-state index in [9.17, 15) is 4.79 Å². The first kappa shape index (κ1) is 12.8. The molecule has 0 saturated carbocycles. The lowest BCUT2D eigenvalue weighted by Crippen LogP contribution is -2.49. The number of nitriles is 1. The normalized spacial score (nSPS) is 26.1. The number of ether oxygens (including phenoxy) is 1. The van der Waals surface area contributed by atoms with Crippen LogP contribution >= 0.6 is 0 Å². The van der Waals surface area contributed by atoms with Crippen LogP contribution < -0.4 is 5.73 Å². The van der Waals surface area contributed by atoms with Gasteiger partial charge in [0.2, 0.25) is 0 Å². The smallest absolute Gasteiger partial charge is 0.410 e. The molecule has 1 rings (SSSR count). The van der Waals surface area contributed by atoms with Crippen molar-refractivity contribution in [3.63, 3.8) is 0 Å². The summed E-state index contributed by atoms with van der Waals surface area (Å²) in [5.41, 5.74) is 5.28. The van der Waals surface area contributed by atoms with E-state index in [-0.39, 0.29) is 18.1 Å². The minimum Gasteiger partial charge on any atom is -0.444 e. The number of rotatable bonds is 0. The molecule has 1 heterocycles. The largest absolute Gasteiger partial charge is 0.444 e. The predicted molar refractivity (Wildman–Crippen MR) is 59.5 cm³/mol. The zero-order chi connectivity index (χ0) is 12.3. The zero-order valence-corrected chi connectivity index (χ0v) is 10.1. The quantitative estimate of drug-likeness (QED) is 0.669. The van der Waals surface area contributed by atoms with E-state index in [0.29, 0.717) is 19.5 Å². The molecule has 0 aliphatic carbocycles. The third-order valence-corrected chi connectivity index (χ3v) is 2.48. The lowest BCUT2D eigenvalue weighted by molar-refractivity contribution is 0.0176. The van der Waals surface area contributed by atoms with Gasteiger partial charge in [0, 0.05) is 19.1 Å². The lowest BCUT2D eigenvalue weighted by Gasteiger charge is -2.34. The van der Waals surface area contributed by atoms with Crippen LogP contribution in [0.3, 0.4) is 0 Å². The average Bonchev–Trinajstić information content (AvgIpc) is 2.15. The van der Waals surface area contributed by atoms with E-state index in [1.54, 1.807) is 4.90 Å². The molecule has 16 heavy (non-hydrogen) atoms. The Labute approximate surface area is 96.2 Å². The molecular weight excluding hydrogens is 206 g/mol. The molecule has 2 N–H and O–H groups in total. The van der Waals surface area contributed by atoms with E-state index in [0.717, 1.165) is 0 Å². The minimum absolute atomic E-state index is 0.135. The van der Waals surface area contributed by atoms with Crippen LogP contribution in [0.25, 0.3) is 0 Å². The molecule has 0 radical (unpaired) electrons. The molecule has 0 spiro atoms. The number of nitrogens with two attached hydrogens (primary N) is 1. The van der Waals surface area contributed by atoms with Gasteiger partial charge >= 0.3 is 6.09 Å². The molecule has 5 nitrogen and oxygen atoms in total. The van der Waals surface area contributed by atoms with Gasteiger partial charge in [-0.15, -0.1) is 0 Å². The average molecular weight is 225 g/mol. The maximum Gasteiger partial charge on any atom is 0.410 e. The van der Waals surface area contributed by atoms with Crippen LogP contribution in [0.1, 0.15) is 27.2 Å². The number of hydrogen-bond acceptors (Lipinski definition) is 4. The topological polar surface area (TPSA) is 79.3 Å². The van der Waals surface area contributed by atoms with Gasteiger partial charge in [-0.3, -0.25) is 0 Å². The van der Waals surface area contributed by atoms with Gasteiger partial charge in [-0.05, 0) is 27.2 Å². The van der Waals surface area contributed by atoms with Gasteiger partial charge in [-0.1, -0.05) is 0 Å². The Morgan fingerprint density at radius 1 is 1.56 bits per heavy atom. The lowest BCUT2D eigenvalue weighted by atomic mass is 9.95. The Bertz CT molecular complexity index is 303. The van der Waals surface area contributed by atoms with Crippen molar-refractivity contribution < 1.29 is 9.53 Å². The summed E-state index contributed by atoms with van der Waals surface area (Å²) in [4.78, 5) is 13.3. The summed E-state index contributed by atoms with van der Waals surface area (Å²) in [6, 6.07) is 1.99. The molecule has 0 aromatic carbocycles. The second kappa shape index (κ2) is 4.71. The van der Waals surface area contributed by atoms with Gasteiger partial charge in [0.25, 0.3) is 0 Å². The first-order valence-corrected chi connectivity index (χ1v) is 5.46.